The van der Waals surface area contributed by atoms with E-state index in [0.717, 1.165) is 36.1 Å². The van der Waals surface area contributed by atoms with Gasteiger partial charge in [0.05, 0.1) is 12.6 Å². The first-order valence-corrected chi connectivity index (χ1v) is 10.6. The van der Waals surface area contributed by atoms with E-state index >= 15 is 0 Å². The Balaban J connectivity index is 1.48. The van der Waals surface area contributed by atoms with Crippen molar-refractivity contribution in [1.29, 1.82) is 0 Å². The lowest BCUT2D eigenvalue weighted by Crippen LogP contribution is -2.50. The number of amides is 1. The molecule has 6 heteroatoms. The predicted octanol–water partition coefficient (Wildman–Crippen LogP) is 3.57. The largest absolute Gasteiger partial charge is 0.491 e. The van der Waals surface area contributed by atoms with Crippen LogP contribution < -0.4 is 15.4 Å². The number of nitrogens with one attached hydrogen (secondary N) is 2. The van der Waals surface area contributed by atoms with Crippen molar-refractivity contribution in [2.24, 2.45) is 0 Å². The molecule has 0 bridgehead atoms. The Kier molecular flexibility index (Phi) is 7.82. The molecule has 2 N–H and O–H groups in total. The van der Waals surface area contributed by atoms with E-state index in [1.807, 2.05) is 38.1 Å². The average molecular weight is 415 g/mol. The molecule has 1 fully saturated rings. The van der Waals surface area contributed by atoms with Crippen LogP contribution in [0.15, 0.2) is 48.5 Å². The summed E-state index contributed by atoms with van der Waals surface area (Å²) in [7, 11) is 0. The number of hydrogen-bond acceptors (Lipinski definition) is 4. The maximum Gasteiger partial charge on any atom is 0.233 e. The molecule has 0 spiro atoms. The first-order valence-electron chi connectivity index (χ1n) is 10.6. The summed E-state index contributed by atoms with van der Waals surface area (Å²) in [6.45, 7) is 6.00. The molecule has 0 saturated carbocycles. The van der Waals surface area contributed by atoms with Gasteiger partial charge in [-0.2, -0.15) is 0 Å². The van der Waals surface area contributed by atoms with Gasteiger partial charge >= 0.3 is 0 Å². The zero-order chi connectivity index (χ0) is 21.4. The van der Waals surface area contributed by atoms with Crippen LogP contribution >= 0.6 is 0 Å². The summed E-state index contributed by atoms with van der Waals surface area (Å²) in [5.41, 5.74) is 1.77. The van der Waals surface area contributed by atoms with Gasteiger partial charge in [-0.05, 0) is 68.5 Å². The highest BCUT2D eigenvalue weighted by atomic mass is 19.1. The van der Waals surface area contributed by atoms with Crippen molar-refractivity contribution in [3.8, 4) is 5.75 Å². The van der Waals surface area contributed by atoms with Crippen LogP contribution in [-0.4, -0.2) is 38.3 Å². The van der Waals surface area contributed by atoms with Gasteiger partial charge in [0.1, 0.15) is 11.6 Å². The van der Waals surface area contributed by atoms with Crippen LogP contribution in [-0.2, 0) is 21.5 Å². The van der Waals surface area contributed by atoms with Crippen molar-refractivity contribution in [1.82, 2.24) is 10.6 Å². The van der Waals surface area contributed by atoms with Crippen LogP contribution in [0.2, 0.25) is 0 Å². The third kappa shape index (κ3) is 6.28. The molecule has 1 saturated heterocycles. The molecule has 2 aromatic rings. The fourth-order valence-corrected chi connectivity index (χ4v) is 3.72. The lowest BCUT2D eigenvalue weighted by atomic mass is 9.82. The molecule has 0 unspecified atom stereocenters. The van der Waals surface area contributed by atoms with Gasteiger partial charge in [-0.25, -0.2) is 4.39 Å². The summed E-state index contributed by atoms with van der Waals surface area (Å²) in [5.74, 6) is 0.537. The number of ether oxygens (including phenoxy) is 2. The van der Waals surface area contributed by atoms with Crippen molar-refractivity contribution >= 4 is 5.91 Å². The van der Waals surface area contributed by atoms with Gasteiger partial charge in [-0.15, -0.1) is 0 Å². The third-order valence-corrected chi connectivity index (χ3v) is 5.36. The molecular formula is C24H31FN2O3. The minimum absolute atomic E-state index is 0.0530. The fraction of sp³-hybridized carbons (Fsp3) is 0.458. The normalized spacial score (nSPS) is 15.7. The second-order valence-corrected chi connectivity index (χ2v) is 7.97. The standard InChI is InChI=1S/C24H31FN2O3/c1-18(2)30-22-9-3-19(4-10-22)11-14-26-23(28)17-27-24(12-15-29-16-13-24)20-5-7-21(25)8-6-20/h3-10,18,27H,11-17H2,1-2H3,(H,26,28). The molecule has 2 aromatic carbocycles. The van der Waals surface area contributed by atoms with E-state index in [9.17, 15) is 9.18 Å². The molecule has 1 heterocycles. The first kappa shape index (κ1) is 22.2. The maximum absolute atomic E-state index is 13.3. The van der Waals surface area contributed by atoms with Crippen molar-refractivity contribution in [3.05, 3.63) is 65.5 Å². The Labute approximate surface area is 178 Å². The lowest BCUT2D eigenvalue weighted by molar-refractivity contribution is -0.120. The summed E-state index contributed by atoms with van der Waals surface area (Å²) >= 11 is 0. The Morgan fingerprint density at radius 1 is 1.10 bits per heavy atom. The summed E-state index contributed by atoms with van der Waals surface area (Å²) in [6, 6.07) is 14.5. The topological polar surface area (TPSA) is 59.6 Å². The van der Waals surface area contributed by atoms with E-state index in [2.05, 4.69) is 10.6 Å². The van der Waals surface area contributed by atoms with E-state index in [0.29, 0.717) is 19.8 Å². The number of carbonyl (C=O) groups is 1. The second kappa shape index (κ2) is 10.5. The Bertz CT molecular complexity index is 800. The Morgan fingerprint density at radius 2 is 1.77 bits per heavy atom. The smallest absolute Gasteiger partial charge is 0.233 e. The van der Waals surface area contributed by atoms with Gasteiger partial charge in [-0.3, -0.25) is 10.1 Å². The molecule has 1 aliphatic heterocycles. The average Bonchev–Trinajstić information content (AvgIpc) is 2.74. The van der Waals surface area contributed by atoms with Crippen LogP contribution in [0.1, 0.15) is 37.8 Å². The molecule has 30 heavy (non-hydrogen) atoms. The van der Waals surface area contributed by atoms with E-state index in [1.165, 1.54) is 12.1 Å². The van der Waals surface area contributed by atoms with Crippen molar-refractivity contribution in [3.63, 3.8) is 0 Å². The summed E-state index contributed by atoms with van der Waals surface area (Å²) in [4.78, 5) is 12.4. The number of rotatable bonds is 9. The lowest BCUT2D eigenvalue weighted by Gasteiger charge is -2.38. The predicted molar refractivity (Wildman–Crippen MR) is 115 cm³/mol. The van der Waals surface area contributed by atoms with Crippen molar-refractivity contribution < 1.29 is 18.7 Å². The molecule has 1 amide bonds. The summed E-state index contributed by atoms with van der Waals surface area (Å²) < 4.78 is 24.5. The number of benzene rings is 2. The molecule has 0 atom stereocenters. The van der Waals surface area contributed by atoms with Crippen LogP contribution in [0.4, 0.5) is 4.39 Å². The highest BCUT2D eigenvalue weighted by Crippen LogP contribution is 2.32. The molecule has 162 valence electrons. The van der Waals surface area contributed by atoms with E-state index in [-0.39, 0.29) is 29.9 Å². The minimum Gasteiger partial charge on any atom is -0.491 e. The summed E-state index contributed by atoms with van der Waals surface area (Å²) in [5, 5.41) is 6.39. The molecule has 0 radical (unpaired) electrons. The Morgan fingerprint density at radius 3 is 2.40 bits per heavy atom. The molecule has 1 aliphatic rings. The second-order valence-electron chi connectivity index (χ2n) is 7.97. The number of carbonyl (C=O) groups excluding carboxylic acids is 1. The highest BCUT2D eigenvalue weighted by Gasteiger charge is 2.34. The maximum atomic E-state index is 13.3. The molecule has 0 aromatic heterocycles. The zero-order valence-electron chi connectivity index (χ0n) is 17.7. The van der Waals surface area contributed by atoms with Crippen LogP contribution in [0, 0.1) is 5.82 Å². The van der Waals surface area contributed by atoms with Gasteiger partial charge in [0.25, 0.3) is 0 Å². The van der Waals surface area contributed by atoms with Gasteiger partial charge in [0, 0.05) is 25.3 Å². The monoisotopic (exact) mass is 414 g/mol. The number of hydrogen-bond donors (Lipinski definition) is 2. The van der Waals surface area contributed by atoms with Crippen LogP contribution in [0.5, 0.6) is 5.75 Å². The molecule has 5 nitrogen and oxygen atoms in total. The van der Waals surface area contributed by atoms with Crippen LogP contribution in [0.25, 0.3) is 0 Å². The minimum atomic E-state index is -0.366. The van der Waals surface area contributed by atoms with Gasteiger partial charge in [-0.1, -0.05) is 24.3 Å². The first-order chi connectivity index (χ1) is 14.5. The van der Waals surface area contributed by atoms with E-state index in [1.54, 1.807) is 12.1 Å². The molecular weight excluding hydrogens is 383 g/mol. The van der Waals surface area contributed by atoms with Gasteiger partial charge in [0.2, 0.25) is 5.91 Å². The van der Waals surface area contributed by atoms with E-state index in [4.69, 9.17) is 9.47 Å². The van der Waals surface area contributed by atoms with Crippen molar-refractivity contribution in [2.45, 2.75) is 44.8 Å². The zero-order valence-corrected chi connectivity index (χ0v) is 17.7. The highest BCUT2D eigenvalue weighted by molar-refractivity contribution is 5.78. The van der Waals surface area contributed by atoms with Gasteiger partial charge in [0.15, 0.2) is 0 Å². The van der Waals surface area contributed by atoms with Crippen molar-refractivity contribution in [2.75, 3.05) is 26.3 Å². The van der Waals surface area contributed by atoms with Gasteiger partial charge < -0.3 is 14.8 Å². The van der Waals surface area contributed by atoms with Crippen LogP contribution in [0.3, 0.4) is 0 Å². The molecule has 3 rings (SSSR count). The Hall–Kier alpha value is -2.44. The third-order valence-electron chi connectivity index (χ3n) is 5.36. The SMILES string of the molecule is CC(C)Oc1ccc(CCNC(=O)CNC2(c3ccc(F)cc3)CCOCC2)cc1. The quantitative estimate of drug-likeness (QED) is 0.659. The summed E-state index contributed by atoms with van der Waals surface area (Å²) in [6.07, 6.45) is 2.40. The fourth-order valence-electron chi connectivity index (χ4n) is 3.72. The van der Waals surface area contributed by atoms with E-state index < -0.39 is 0 Å². The molecule has 0 aliphatic carbocycles. The number of halogens is 1.